The average molecular weight is 321 g/mol. The highest BCUT2D eigenvalue weighted by atomic mass is 35.5. The van der Waals surface area contributed by atoms with Crippen LogP contribution in [0.3, 0.4) is 0 Å². The van der Waals surface area contributed by atoms with Gasteiger partial charge in [-0.25, -0.2) is 0 Å². The zero-order valence-electron chi connectivity index (χ0n) is 12.5. The first-order chi connectivity index (χ1) is 10.6. The van der Waals surface area contributed by atoms with Gasteiger partial charge >= 0.3 is 0 Å². The second-order valence-corrected chi connectivity index (χ2v) is 6.68. The van der Waals surface area contributed by atoms with Crippen molar-refractivity contribution in [2.75, 3.05) is 0 Å². The summed E-state index contributed by atoms with van der Waals surface area (Å²) in [6, 6.07) is 7.32. The number of nitrogens with one attached hydrogen (secondary N) is 2. The lowest BCUT2D eigenvalue weighted by atomic mass is 9.91. The maximum atomic E-state index is 12.4. The van der Waals surface area contributed by atoms with Gasteiger partial charge in [-0.2, -0.15) is 0 Å². The average Bonchev–Trinajstić information content (AvgIpc) is 3.17. The molecule has 118 valence electrons. The zero-order chi connectivity index (χ0) is 15.5. The Bertz CT molecular complexity index is 552. The van der Waals surface area contributed by atoms with E-state index in [2.05, 4.69) is 10.6 Å². The first-order valence-corrected chi connectivity index (χ1v) is 8.36. The summed E-state index contributed by atoms with van der Waals surface area (Å²) < 4.78 is 0. The molecule has 1 saturated heterocycles. The van der Waals surface area contributed by atoms with Crippen molar-refractivity contribution in [3.8, 4) is 0 Å². The SMILES string of the molecule is O=C1CC[C@@H](C(=O)N[C@H](c2ccc(Cl)cc2)C2CCCC2)N1. The number of benzene rings is 1. The van der Waals surface area contributed by atoms with Crippen LogP contribution in [0.4, 0.5) is 0 Å². The molecular weight excluding hydrogens is 300 g/mol. The van der Waals surface area contributed by atoms with Crippen molar-refractivity contribution in [1.29, 1.82) is 0 Å². The van der Waals surface area contributed by atoms with Crippen LogP contribution in [0.25, 0.3) is 0 Å². The molecule has 1 heterocycles. The van der Waals surface area contributed by atoms with Crippen LogP contribution in [-0.4, -0.2) is 17.9 Å². The van der Waals surface area contributed by atoms with E-state index in [0.29, 0.717) is 23.8 Å². The summed E-state index contributed by atoms with van der Waals surface area (Å²) in [5.41, 5.74) is 1.09. The minimum atomic E-state index is -0.385. The Morgan fingerprint density at radius 2 is 1.86 bits per heavy atom. The van der Waals surface area contributed by atoms with Gasteiger partial charge in [0.05, 0.1) is 6.04 Å². The molecule has 3 rings (SSSR count). The highest BCUT2D eigenvalue weighted by Crippen LogP contribution is 2.36. The summed E-state index contributed by atoms with van der Waals surface area (Å²) in [5, 5.41) is 6.60. The van der Waals surface area contributed by atoms with Crippen molar-refractivity contribution < 1.29 is 9.59 Å². The van der Waals surface area contributed by atoms with Crippen LogP contribution in [0, 0.1) is 5.92 Å². The number of hydrogen-bond donors (Lipinski definition) is 2. The fraction of sp³-hybridized carbons (Fsp3) is 0.529. The lowest BCUT2D eigenvalue weighted by molar-refractivity contribution is -0.126. The first kappa shape index (κ1) is 15.3. The second kappa shape index (κ2) is 6.69. The maximum absolute atomic E-state index is 12.4. The number of hydrogen-bond acceptors (Lipinski definition) is 2. The number of amides is 2. The highest BCUT2D eigenvalue weighted by molar-refractivity contribution is 6.30. The van der Waals surface area contributed by atoms with Crippen molar-refractivity contribution in [2.24, 2.45) is 5.92 Å². The predicted molar refractivity (Wildman–Crippen MR) is 85.5 cm³/mol. The van der Waals surface area contributed by atoms with Crippen molar-refractivity contribution >= 4 is 23.4 Å². The second-order valence-electron chi connectivity index (χ2n) is 6.24. The normalized spacial score (nSPS) is 23.3. The maximum Gasteiger partial charge on any atom is 0.243 e. The lowest BCUT2D eigenvalue weighted by Gasteiger charge is -2.26. The molecule has 2 amide bonds. The van der Waals surface area contributed by atoms with E-state index in [1.807, 2.05) is 24.3 Å². The molecule has 0 spiro atoms. The van der Waals surface area contributed by atoms with E-state index in [-0.39, 0.29) is 23.9 Å². The molecule has 1 aromatic rings. The van der Waals surface area contributed by atoms with Crippen LogP contribution >= 0.6 is 11.6 Å². The molecule has 1 saturated carbocycles. The summed E-state index contributed by atoms with van der Waals surface area (Å²) in [4.78, 5) is 23.7. The Morgan fingerprint density at radius 3 is 2.45 bits per heavy atom. The van der Waals surface area contributed by atoms with Gasteiger partial charge in [0.15, 0.2) is 0 Å². The minimum absolute atomic E-state index is 0.00442. The van der Waals surface area contributed by atoms with Crippen molar-refractivity contribution in [2.45, 2.75) is 50.6 Å². The van der Waals surface area contributed by atoms with Gasteiger partial charge in [-0.1, -0.05) is 36.6 Å². The smallest absolute Gasteiger partial charge is 0.243 e. The molecule has 0 aromatic heterocycles. The molecule has 2 atom stereocenters. The Morgan fingerprint density at radius 1 is 1.18 bits per heavy atom. The van der Waals surface area contributed by atoms with Gasteiger partial charge in [-0.05, 0) is 42.9 Å². The van der Waals surface area contributed by atoms with Crippen LogP contribution in [0.1, 0.15) is 50.1 Å². The Labute approximate surface area is 135 Å². The molecular formula is C17H21ClN2O2. The summed E-state index contributed by atoms with van der Waals surface area (Å²) in [7, 11) is 0. The molecule has 2 N–H and O–H groups in total. The largest absolute Gasteiger partial charge is 0.347 e. The third-order valence-corrected chi connectivity index (χ3v) is 4.96. The molecule has 0 unspecified atom stereocenters. The third kappa shape index (κ3) is 3.43. The van der Waals surface area contributed by atoms with E-state index in [9.17, 15) is 9.59 Å². The first-order valence-electron chi connectivity index (χ1n) is 7.98. The molecule has 5 heteroatoms. The predicted octanol–water partition coefficient (Wildman–Crippen LogP) is 2.97. The van der Waals surface area contributed by atoms with Gasteiger partial charge in [-0.15, -0.1) is 0 Å². The minimum Gasteiger partial charge on any atom is -0.347 e. The fourth-order valence-corrected chi connectivity index (χ4v) is 3.62. The van der Waals surface area contributed by atoms with E-state index < -0.39 is 0 Å². The van der Waals surface area contributed by atoms with Gasteiger partial charge < -0.3 is 10.6 Å². The third-order valence-electron chi connectivity index (χ3n) is 4.71. The van der Waals surface area contributed by atoms with Crippen LogP contribution in [0.5, 0.6) is 0 Å². The summed E-state index contributed by atoms with van der Waals surface area (Å²) in [6.45, 7) is 0. The van der Waals surface area contributed by atoms with E-state index in [0.717, 1.165) is 18.4 Å². The van der Waals surface area contributed by atoms with Crippen LogP contribution in [-0.2, 0) is 9.59 Å². The van der Waals surface area contributed by atoms with Gasteiger partial charge in [0.25, 0.3) is 0 Å². The van der Waals surface area contributed by atoms with Crippen molar-refractivity contribution in [3.05, 3.63) is 34.9 Å². The molecule has 2 fully saturated rings. The Hall–Kier alpha value is -1.55. The topological polar surface area (TPSA) is 58.2 Å². The van der Waals surface area contributed by atoms with Crippen LogP contribution in [0.15, 0.2) is 24.3 Å². The monoisotopic (exact) mass is 320 g/mol. The Balaban J connectivity index is 1.74. The van der Waals surface area contributed by atoms with Crippen molar-refractivity contribution in [1.82, 2.24) is 10.6 Å². The molecule has 1 aliphatic heterocycles. The van der Waals surface area contributed by atoms with Crippen molar-refractivity contribution in [3.63, 3.8) is 0 Å². The summed E-state index contributed by atoms with van der Waals surface area (Å²) in [6.07, 6.45) is 5.71. The lowest BCUT2D eigenvalue weighted by Crippen LogP contribution is -2.44. The van der Waals surface area contributed by atoms with Gasteiger partial charge in [0.1, 0.15) is 6.04 Å². The van der Waals surface area contributed by atoms with E-state index in [1.54, 1.807) is 0 Å². The van der Waals surface area contributed by atoms with E-state index >= 15 is 0 Å². The van der Waals surface area contributed by atoms with Gasteiger partial charge in [0.2, 0.25) is 11.8 Å². The molecule has 2 aliphatic rings. The number of rotatable bonds is 4. The molecule has 0 bridgehead atoms. The zero-order valence-corrected chi connectivity index (χ0v) is 13.2. The number of carbonyl (C=O) groups is 2. The fourth-order valence-electron chi connectivity index (χ4n) is 3.50. The molecule has 1 aliphatic carbocycles. The van der Waals surface area contributed by atoms with Crippen LogP contribution in [0.2, 0.25) is 5.02 Å². The molecule has 4 nitrogen and oxygen atoms in total. The van der Waals surface area contributed by atoms with Crippen LogP contribution < -0.4 is 10.6 Å². The quantitative estimate of drug-likeness (QED) is 0.896. The molecule has 22 heavy (non-hydrogen) atoms. The van der Waals surface area contributed by atoms with E-state index in [1.165, 1.54) is 12.8 Å². The number of halogens is 1. The summed E-state index contributed by atoms with van der Waals surface area (Å²) >= 11 is 5.97. The molecule has 1 aromatic carbocycles. The van der Waals surface area contributed by atoms with Gasteiger partial charge in [0, 0.05) is 11.4 Å². The summed E-state index contributed by atoms with van der Waals surface area (Å²) in [5.74, 6) is 0.351. The van der Waals surface area contributed by atoms with E-state index in [4.69, 9.17) is 11.6 Å². The Kier molecular flexibility index (Phi) is 4.67. The highest BCUT2D eigenvalue weighted by Gasteiger charge is 2.32. The standard InChI is InChI=1S/C17H21ClN2O2/c18-13-7-5-12(6-8-13)16(11-3-1-2-4-11)20-17(22)14-9-10-15(21)19-14/h5-8,11,14,16H,1-4,9-10H2,(H,19,21)(H,20,22)/t14-,16-/m0/s1. The number of carbonyl (C=O) groups excluding carboxylic acids is 2. The van der Waals surface area contributed by atoms with Gasteiger partial charge in [-0.3, -0.25) is 9.59 Å². The molecule has 0 radical (unpaired) electrons.